The van der Waals surface area contributed by atoms with Gasteiger partial charge in [-0.15, -0.1) is 0 Å². The highest BCUT2D eigenvalue weighted by molar-refractivity contribution is 9.10. The first-order valence-electron chi connectivity index (χ1n) is 10.5. The summed E-state index contributed by atoms with van der Waals surface area (Å²) in [6.45, 7) is 0.293. The molecule has 0 saturated carbocycles. The Labute approximate surface area is 223 Å². The fourth-order valence-electron chi connectivity index (χ4n) is 3.62. The van der Waals surface area contributed by atoms with Gasteiger partial charge >= 0.3 is 6.03 Å². The number of barbiturate groups is 1. The Bertz CT molecular complexity index is 1420. The number of fused-ring (bicyclic) bond motifs is 1. The molecule has 182 valence electrons. The zero-order chi connectivity index (χ0) is 25.4. The van der Waals surface area contributed by atoms with E-state index < -0.39 is 17.8 Å². The number of rotatable bonds is 5. The second-order valence-electron chi connectivity index (χ2n) is 7.72. The Balaban J connectivity index is 1.40. The minimum absolute atomic E-state index is 0.0393. The Morgan fingerprint density at radius 3 is 2.50 bits per heavy atom. The molecule has 0 radical (unpaired) electrons. The number of urea groups is 1. The molecule has 36 heavy (non-hydrogen) atoms. The van der Waals surface area contributed by atoms with Gasteiger partial charge < -0.3 is 14.2 Å². The Morgan fingerprint density at radius 1 is 1.00 bits per heavy atom. The third kappa shape index (κ3) is 4.77. The molecule has 0 aromatic heterocycles. The first-order chi connectivity index (χ1) is 17.3. The molecule has 1 fully saturated rings. The number of anilines is 1. The molecule has 2 aliphatic rings. The highest BCUT2D eigenvalue weighted by Gasteiger charge is 2.37. The molecule has 5 rings (SSSR count). The number of nitrogens with one attached hydrogen (secondary N) is 1. The van der Waals surface area contributed by atoms with E-state index in [1.54, 1.807) is 30.3 Å². The lowest BCUT2D eigenvalue weighted by molar-refractivity contribution is -0.122. The predicted molar refractivity (Wildman–Crippen MR) is 137 cm³/mol. The van der Waals surface area contributed by atoms with E-state index in [1.165, 1.54) is 18.2 Å². The van der Waals surface area contributed by atoms with E-state index in [2.05, 4.69) is 21.2 Å². The third-order valence-electron chi connectivity index (χ3n) is 5.34. The first kappa shape index (κ1) is 24.2. The van der Waals surface area contributed by atoms with Crippen LogP contribution in [0.25, 0.3) is 6.08 Å². The summed E-state index contributed by atoms with van der Waals surface area (Å²) in [7, 11) is 0. The lowest BCUT2D eigenvalue weighted by atomic mass is 10.1. The van der Waals surface area contributed by atoms with Crippen molar-refractivity contribution in [2.24, 2.45) is 0 Å². The molecule has 4 amide bonds. The van der Waals surface area contributed by atoms with Crippen LogP contribution >= 0.6 is 39.1 Å². The van der Waals surface area contributed by atoms with Gasteiger partial charge in [-0.3, -0.25) is 14.9 Å². The smallest absolute Gasteiger partial charge is 0.335 e. The molecule has 11 heteroatoms. The minimum atomic E-state index is -0.869. The molecule has 0 bridgehead atoms. The van der Waals surface area contributed by atoms with Crippen molar-refractivity contribution in [3.8, 4) is 17.2 Å². The molecule has 2 aliphatic heterocycles. The van der Waals surface area contributed by atoms with E-state index in [9.17, 15) is 14.4 Å². The number of nitrogens with zero attached hydrogens (tertiary/aromatic N) is 1. The van der Waals surface area contributed by atoms with Gasteiger partial charge in [-0.1, -0.05) is 35.3 Å². The summed E-state index contributed by atoms with van der Waals surface area (Å²) < 4.78 is 16.9. The van der Waals surface area contributed by atoms with Crippen molar-refractivity contribution in [2.45, 2.75) is 6.61 Å². The van der Waals surface area contributed by atoms with E-state index in [0.29, 0.717) is 32.3 Å². The number of ether oxygens (including phenoxy) is 3. The molecular weight excluding hydrogens is 575 g/mol. The molecule has 2 heterocycles. The molecule has 1 saturated heterocycles. The van der Waals surface area contributed by atoms with Crippen molar-refractivity contribution in [3.63, 3.8) is 0 Å². The standard InChI is InChI=1S/C25H15BrCl2N2O6/c26-18-8-14(9-19(28)22(18)34-11-13-1-3-15(27)4-2-13)7-17-23(31)29-25(33)30(24(17)32)16-5-6-20-21(10-16)36-12-35-20/h1-10H,11-12H2,(H,29,31,33)/b17-7+. The summed E-state index contributed by atoms with van der Waals surface area (Å²) in [6, 6.07) is 14.1. The van der Waals surface area contributed by atoms with Crippen molar-refractivity contribution in [3.05, 3.63) is 85.8 Å². The van der Waals surface area contributed by atoms with Crippen LogP contribution in [-0.2, 0) is 16.2 Å². The van der Waals surface area contributed by atoms with E-state index in [4.69, 9.17) is 37.4 Å². The van der Waals surface area contributed by atoms with Gasteiger partial charge in [0.1, 0.15) is 12.2 Å². The maximum Gasteiger partial charge on any atom is 0.335 e. The summed E-state index contributed by atoms with van der Waals surface area (Å²) in [5.41, 5.74) is 1.32. The van der Waals surface area contributed by atoms with Crippen LogP contribution < -0.4 is 24.4 Å². The van der Waals surface area contributed by atoms with Crippen molar-refractivity contribution < 1.29 is 28.6 Å². The second-order valence-corrected chi connectivity index (χ2v) is 9.42. The number of hydrogen-bond donors (Lipinski definition) is 1. The van der Waals surface area contributed by atoms with E-state index in [0.717, 1.165) is 10.5 Å². The Hall–Kier alpha value is -3.53. The molecule has 1 N–H and O–H groups in total. The van der Waals surface area contributed by atoms with E-state index >= 15 is 0 Å². The molecule has 0 unspecified atom stereocenters. The van der Waals surface area contributed by atoms with Crippen molar-refractivity contribution in [1.29, 1.82) is 0 Å². The Kier molecular flexibility index (Phi) is 6.61. The fourth-order valence-corrected chi connectivity index (χ4v) is 4.73. The highest BCUT2D eigenvalue weighted by Crippen LogP contribution is 2.38. The topological polar surface area (TPSA) is 94.2 Å². The van der Waals surface area contributed by atoms with Crippen LogP contribution in [0.1, 0.15) is 11.1 Å². The van der Waals surface area contributed by atoms with Crippen LogP contribution in [0.2, 0.25) is 10.0 Å². The van der Waals surface area contributed by atoms with E-state index in [1.807, 2.05) is 12.1 Å². The van der Waals surface area contributed by atoms with Crippen LogP contribution in [0.3, 0.4) is 0 Å². The summed E-state index contributed by atoms with van der Waals surface area (Å²) in [6.07, 6.45) is 1.35. The summed E-state index contributed by atoms with van der Waals surface area (Å²) >= 11 is 15.8. The number of imide groups is 2. The van der Waals surface area contributed by atoms with Crippen LogP contribution in [0.15, 0.2) is 64.6 Å². The summed E-state index contributed by atoms with van der Waals surface area (Å²) in [5.74, 6) is -0.339. The molecular formula is C25H15BrCl2N2O6. The predicted octanol–water partition coefficient (Wildman–Crippen LogP) is 5.73. The second kappa shape index (κ2) is 9.85. The lowest BCUT2D eigenvalue weighted by Crippen LogP contribution is -2.54. The number of amides is 4. The maximum absolute atomic E-state index is 13.2. The van der Waals surface area contributed by atoms with Gasteiger partial charge in [0.05, 0.1) is 15.2 Å². The van der Waals surface area contributed by atoms with Gasteiger partial charge in [-0.05, 0) is 69.5 Å². The molecule has 0 atom stereocenters. The summed E-state index contributed by atoms with van der Waals surface area (Å²) in [4.78, 5) is 39.1. The number of halogens is 3. The van der Waals surface area contributed by atoms with Gasteiger partial charge in [0.25, 0.3) is 11.8 Å². The fraction of sp³-hybridized carbons (Fsp3) is 0.0800. The van der Waals surface area contributed by atoms with Gasteiger partial charge in [0, 0.05) is 11.1 Å². The molecule has 0 spiro atoms. The normalized spacial score (nSPS) is 15.9. The number of hydrogen-bond acceptors (Lipinski definition) is 6. The quantitative estimate of drug-likeness (QED) is 0.302. The largest absolute Gasteiger partial charge is 0.486 e. The van der Waals surface area contributed by atoms with Gasteiger partial charge in [0.2, 0.25) is 6.79 Å². The number of carbonyl (C=O) groups excluding carboxylic acids is 3. The molecule has 0 aliphatic carbocycles. The third-order valence-corrected chi connectivity index (χ3v) is 6.47. The zero-order valence-corrected chi connectivity index (χ0v) is 21.3. The van der Waals surface area contributed by atoms with Crippen LogP contribution in [-0.4, -0.2) is 24.6 Å². The van der Waals surface area contributed by atoms with Crippen molar-refractivity contribution in [2.75, 3.05) is 11.7 Å². The molecule has 3 aromatic carbocycles. The summed E-state index contributed by atoms with van der Waals surface area (Å²) in [5, 5.41) is 3.07. The zero-order valence-electron chi connectivity index (χ0n) is 18.2. The lowest BCUT2D eigenvalue weighted by Gasteiger charge is -2.26. The van der Waals surface area contributed by atoms with E-state index in [-0.39, 0.29) is 29.7 Å². The minimum Gasteiger partial charge on any atom is -0.486 e. The van der Waals surface area contributed by atoms with Crippen molar-refractivity contribution in [1.82, 2.24) is 5.32 Å². The van der Waals surface area contributed by atoms with Crippen LogP contribution in [0.4, 0.5) is 10.5 Å². The van der Waals surface area contributed by atoms with Gasteiger partial charge in [0.15, 0.2) is 17.2 Å². The first-order valence-corrected chi connectivity index (χ1v) is 12.0. The average Bonchev–Trinajstić information content (AvgIpc) is 3.30. The van der Waals surface area contributed by atoms with Gasteiger partial charge in [-0.2, -0.15) is 0 Å². The molecule has 3 aromatic rings. The SMILES string of the molecule is O=C1NC(=O)N(c2ccc3c(c2)OCO3)C(=O)/C1=C/c1cc(Cl)c(OCc2ccc(Cl)cc2)c(Br)c1. The maximum atomic E-state index is 13.2. The Morgan fingerprint density at radius 2 is 1.75 bits per heavy atom. The van der Waals surface area contributed by atoms with Crippen LogP contribution in [0.5, 0.6) is 17.2 Å². The highest BCUT2D eigenvalue weighted by atomic mass is 79.9. The average molecular weight is 590 g/mol. The number of carbonyl (C=O) groups is 3. The van der Waals surface area contributed by atoms with Crippen molar-refractivity contribution >= 4 is 68.7 Å². The van der Waals surface area contributed by atoms with Crippen LogP contribution in [0, 0.1) is 0 Å². The van der Waals surface area contributed by atoms with Gasteiger partial charge in [-0.25, -0.2) is 9.69 Å². The molecule has 8 nitrogen and oxygen atoms in total. The monoisotopic (exact) mass is 588 g/mol. The number of benzene rings is 3.